The van der Waals surface area contributed by atoms with E-state index in [4.69, 9.17) is 4.74 Å². The van der Waals surface area contributed by atoms with Crippen molar-refractivity contribution in [2.24, 2.45) is 5.92 Å². The van der Waals surface area contributed by atoms with Gasteiger partial charge in [-0.05, 0) is 25.7 Å². The number of amides is 1. The Morgan fingerprint density at radius 3 is 2.50 bits per heavy atom. The molecule has 1 aliphatic rings. The summed E-state index contributed by atoms with van der Waals surface area (Å²) >= 11 is 0. The lowest BCUT2D eigenvalue weighted by Gasteiger charge is -2.27. The molecule has 1 saturated heterocycles. The Morgan fingerprint density at radius 1 is 1.38 bits per heavy atom. The van der Waals surface area contributed by atoms with Crippen molar-refractivity contribution < 1.29 is 9.53 Å². The number of ether oxygens (including phenoxy) is 1. The van der Waals surface area contributed by atoms with Gasteiger partial charge in [0.25, 0.3) is 5.91 Å². The molecule has 1 rings (SSSR count). The lowest BCUT2D eigenvalue weighted by molar-refractivity contribution is -0.141. The number of likely N-dealkylation sites (N-methyl/N-ethyl adjacent to an activating group) is 1. The van der Waals surface area contributed by atoms with Crippen molar-refractivity contribution in [3.63, 3.8) is 0 Å². The number of nitrogens with zero attached hydrogens (tertiary/aromatic N) is 1. The third-order valence-electron chi connectivity index (χ3n) is 3.53. The summed E-state index contributed by atoms with van der Waals surface area (Å²) in [5.41, 5.74) is 0. The minimum atomic E-state index is -0.158. The Morgan fingerprint density at radius 2 is 2.06 bits per heavy atom. The van der Waals surface area contributed by atoms with Gasteiger partial charge < -0.3 is 9.64 Å². The zero-order valence-corrected chi connectivity index (χ0v) is 10.9. The van der Waals surface area contributed by atoms with Crippen LogP contribution in [0.3, 0.4) is 0 Å². The van der Waals surface area contributed by atoms with Gasteiger partial charge in [0.15, 0.2) is 0 Å². The minimum Gasteiger partial charge on any atom is -0.368 e. The smallest absolute Gasteiger partial charge is 0.251 e. The fraction of sp³-hybridized carbons (Fsp3) is 0.923. The van der Waals surface area contributed by atoms with Crippen LogP contribution in [0.2, 0.25) is 0 Å². The van der Waals surface area contributed by atoms with Crippen LogP contribution >= 0.6 is 0 Å². The van der Waals surface area contributed by atoms with E-state index in [1.54, 1.807) is 0 Å². The van der Waals surface area contributed by atoms with Crippen molar-refractivity contribution in [3.05, 3.63) is 0 Å². The zero-order chi connectivity index (χ0) is 12.0. The molecule has 0 bridgehead atoms. The predicted octanol–water partition coefficient (Wildman–Crippen LogP) is 2.45. The minimum absolute atomic E-state index is 0.158. The van der Waals surface area contributed by atoms with Gasteiger partial charge in [0.1, 0.15) is 6.10 Å². The van der Waals surface area contributed by atoms with Crippen molar-refractivity contribution in [2.75, 3.05) is 19.7 Å². The Hall–Kier alpha value is -0.570. The molecule has 0 aromatic rings. The summed E-state index contributed by atoms with van der Waals surface area (Å²) in [6, 6.07) is 0. The summed E-state index contributed by atoms with van der Waals surface area (Å²) in [6.07, 6.45) is 4.06. The quantitative estimate of drug-likeness (QED) is 0.697. The highest BCUT2D eigenvalue weighted by Crippen LogP contribution is 2.17. The molecule has 3 heteroatoms. The van der Waals surface area contributed by atoms with Crippen LogP contribution in [0.15, 0.2) is 0 Å². The van der Waals surface area contributed by atoms with Crippen LogP contribution in [0.1, 0.15) is 46.5 Å². The summed E-state index contributed by atoms with van der Waals surface area (Å²) in [5, 5.41) is 0. The van der Waals surface area contributed by atoms with E-state index in [9.17, 15) is 4.79 Å². The van der Waals surface area contributed by atoms with Gasteiger partial charge in [0.05, 0.1) is 0 Å². The molecule has 16 heavy (non-hydrogen) atoms. The van der Waals surface area contributed by atoms with Crippen LogP contribution < -0.4 is 0 Å². The number of hydrogen-bond acceptors (Lipinski definition) is 2. The normalized spacial score (nSPS) is 20.4. The highest BCUT2D eigenvalue weighted by atomic mass is 16.5. The van der Waals surface area contributed by atoms with Crippen LogP contribution in [-0.2, 0) is 9.53 Å². The topological polar surface area (TPSA) is 29.5 Å². The third kappa shape index (κ3) is 3.48. The average Bonchev–Trinajstić information content (AvgIpc) is 2.83. The Labute approximate surface area is 99.1 Å². The van der Waals surface area contributed by atoms with E-state index in [0.29, 0.717) is 5.92 Å². The van der Waals surface area contributed by atoms with Gasteiger partial charge in [0, 0.05) is 19.7 Å². The summed E-state index contributed by atoms with van der Waals surface area (Å²) in [4.78, 5) is 14.1. The predicted molar refractivity (Wildman–Crippen MR) is 65.3 cm³/mol. The summed E-state index contributed by atoms with van der Waals surface area (Å²) < 4.78 is 5.46. The van der Waals surface area contributed by atoms with E-state index in [1.807, 2.05) is 4.90 Å². The molecule has 0 radical (unpaired) electrons. The summed E-state index contributed by atoms with van der Waals surface area (Å²) in [7, 11) is 0. The maximum Gasteiger partial charge on any atom is 0.251 e. The Kier molecular flexibility index (Phi) is 5.81. The maximum atomic E-state index is 12.1. The molecule has 1 aliphatic heterocycles. The SMILES string of the molecule is CCC(CC)CN(CC)C(=O)C1CCCO1. The van der Waals surface area contributed by atoms with E-state index in [1.165, 1.54) is 0 Å². The highest BCUT2D eigenvalue weighted by Gasteiger charge is 2.28. The van der Waals surface area contributed by atoms with Crippen molar-refractivity contribution in [3.8, 4) is 0 Å². The van der Waals surface area contributed by atoms with Gasteiger partial charge >= 0.3 is 0 Å². The van der Waals surface area contributed by atoms with E-state index < -0.39 is 0 Å². The van der Waals surface area contributed by atoms with Gasteiger partial charge in [-0.1, -0.05) is 26.7 Å². The maximum absolute atomic E-state index is 12.1. The standard InChI is InChI=1S/C13H25NO2/c1-4-11(5-2)10-14(6-3)13(15)12-8-7-9-16-12/h11-12H,4-10H2,1-3H3. The van der Waals surface area contributed by atoms with Crippen LogP contribution in [-0.4, -0.2) is 36.6 Å². The zero-order valence-electron chi connectivity index (χ0n) is 10.9. The fourth-order valence-electron chi connectivity index (χ4n) is 2.21. The molecule has 1 fully saturated rings. The second-order valence-electron chi connectivity index (χ2n) is 4.56. The Balaban J connectivity index is 2.48. The van der Waals surface area contributed by atoms with Gasteiger partial charge in [-0.15, -0.1) is 0 Å². The van der Waals surface area contributed by atoms with Crippen LogP contribution in [0.4, 0.5) is 0 Å². The molecular weight excluding hydrogens is 202 g/mol. The molecule has 0 aromatic heterocycles. The molecular formula is C13H25NO2. The lowest BCUT2D eigenvalue weighted by Crippen LogP contribution is -2.41. The number of carbonyl (C=O) groups excluding carboxylic acids is 1. The van der Waals surface area contributed by atoms with Crippen LogP contribution in [0.25, 0.3) is 0 Å². The van der Waals surface area contributed by atoms with E-state index in [-0.39, 0.29) is 12.0 Å². The third-order valence-corrected chi connectivity index (χ3v) is 3.53. The summed E-state index contributed by atoms with van der Waals surface area (Å²) in [5.74, 6) is 0.831. The lowest BCUT2D eigenvalue weighted by atomic mass is 10.0. The van der Waals surface area contributed by atoms with Gasteiger partial charge in [0.2, 0.25) is 0 Å². The van der Waals surface area contributed by atoms with Gasteiger partial charge in [-0.25, -0.2) is 0 Å². The van der Waals surface area contributed by atoms with Gasteiger partial charge in [-0.3, -0.25) is 4.79 Å². The van der Waals surface area contributed by atoms with E-state index in [0.717, 1.165) is 45.4 Å². The molecule has 1 unspecified atom stereocenters. The molecule has 0 aromatic carbocycles. The van der Waals surface area contributed by atoms with E-state index >= 15 is 0 Å². The first kappa shape index (κ1) is 13.5. The second-order valence-corrected chi connectivity index (χ2v) is 4.56. The molecule has 1 amide bonds. The molecule has 94 valence electrons. The second kappa shape index (κ2) is 6.89. The van der Waals surface area contributed by atoms with E-state index in [2.05, 4.69) is 20.8 Å². The monoisotopic (exact) mass is 227 g/mol. The van der Waals surface area contributed by atoms with Crippen LogP contribution in [0.5, 0.6) is 0 Å². The first-order valence-corrected chi connectivity index (χ1v) is 6.63. The number of rotatable bonds is 6. The Bertz CT molecular complexity index is 208. The van der Waals surface area contributed by atoms with Gasteiger partial charge in [-0.2, -0.15) is 0 Å². The molecule has 1 heterocycles. The van der Waals surface area contributed by atoms with Crippen molar-refractivity contribution >= 4 is 5.91 Å². The largest absolute Gasteiger partial charge is 0.368 e. The molecule has 0 spiro atoms. The summed E-state index contributed by atoms with van der Waals surface area (Å²) in [6.45, 7) is 8.88. The molecule has 0 saturated carbocycles. The van der Waals surface area contributed by atoms with Crippen molar-refractivity contribution in [1.29, 1.82) is 0 Å². The number of carbonyl (C=O) groups is 1. The fourth-order valence-corrected chi connectivity index (χ4v) is 2.21. The van der Waals surface area contributed by atoms with Crippen molar-refractivity contribution in [1.82, 2.24) is 4.90 Å². The highest BCUT2D eigenvalue weighted by molar-refractivity contribution is 5.81. The first-order valence-electron chi connectivity index (χ1n) is 6.63. The molecule has 0 aliphatic carbocycles. The molecule has 3 nitrogen and oxygen atoms in total. The molecule has 1 atom stereocenters. The first-order chi connectivity index (χ1) is 7.72. The van der Waals surface area contributed by atoms with Crippen LogP contribution in [0, 0.1) is 5.92 Å². The number of hydrogen-bond donors (Lipinski definition) is 0. The molecule has 0 N–H and O–H groups in total. The average molecular weight is 227 g/mol. The van der Waals surface area contributed by atoms with Crippen molar-refractivity contribution in [2.45, 2.75) is 52.6 Å².